The zero-order valence-electron chi connectivity index (χ0n) is 9.07. The van der Waals surface area contributed by atoms with E-state index >= 15 is 0 Å². The van der Waals surface area contributed by atoms with E-state index in [0.29, 0.717) is 6.42 Å². The number of benzene rings is 1. The molecule has 1 rings (SSSR count). The van der Waals surface area contributed by atoms with Crippen molar-refractivity contribution in [3.8, 4) is 0 Å². The number of carboxylic acids is 1. The van der Waals surface area contributed by atoms with Gasteiger partial charge in [0.05, 0.1) is 5.69 Å². The molecule has 0 saturated carbocycles. The van der Waals surface area contributed by atoms with E-state index in [0.717, 1.165) is 6.07 Å². The van der Waals surface area contributed by atoms with E-state index in [1.165, 1.54) is 12.1 Å². The SMILES string of the molecule is Nc1ccc(C(=O)NCCCC(=O)O)cc1F. The van der Waals surface area contributed by atoms with E-state index in [1.807, 2.05) is 0 Å². The molecule has 0 bridgehead atoms. The Bertz CT molecular complexity index is 435. The third kappa shape index (κ3) is 4.10. The highest BCUT2D eigenvalue weighted by molar-refractivity contribution is 5.94. The minimum Gasteiger partial charge on any atom is -0.481 e. The van der Waals surface area contributed by atoms with Gasteiger partial charge in [0.2, 0.25) is 0 Å². The maximum Gasteiger partial charge on any atom is 0.303 e. The molecular weight excluding hydrogens is 227 g/mol. The van der Waals surface area contributed by atoms with Gasteiger partial charge in [0.15, 0.2) is 0 Å². The molecule has 0 spiro atoms. The topological polar surface area (TPSA) is 92.4 Å². The smallest absolute Gasteiger partial charge is 0.303 e. The maximum atomic E-state index is 13.1. The largest absolute Gasteiger partial charge is 0.481 e. The van der Waals surface area contributed by atoms with Gasteiger partial charge in [-0.05, 0) is 24.6 Å². The van der Waals surface area contributed by atoms with E-state index in [9.17, 15) is 14.0 Å². The first-order valence-corrected chi connectivity index (χ1v) is 5.05. The fraction of sp³-hybridized carbons (Fsp3) is 0.273. The van der Waals surface area contributed by atoms with Crippen molar-refractivity contribution >= 4 is 17.6 Å². The number of halogens is 1. The molecular formula is C11H13FN2O3. The standard InChI is InChI=1S/C11H13FN2O3/c12-8-6-7(3-4-9(8)13)11(17)14-5-1-2-10(15)16/h3-4,6H,1-2,5,13H2,(H,14,17)(H,15,16). The normalized spacial score (nSPS) is 9.94. The molecule has 92 valence electrons. The molecule has 1 aromatic rings. The van der Waals surface area contributed by atoms with Crippen LogP contribution in [0.3, 0.4) is 0 Å². The van der Waals surface area contributed by atoms with Gasteiger partial charge in [-0.15, -0.1) is 0 Å². The summed E-state index contributed by atoms with van der Waals surface area (Å²) in [7, 11) is 0. The number of anilines is 1. The van der Waals surface area contributed by atoms with Gasteiger partial charge in [0.1, 0.15) is 5.82 Å². The molecule has 0 fully saturated rings. The number of carbonyl (C=O) groups is 2. The van der Waals surface area contributed by atoms with Gasteiger partial charge in [0, 0.05) is 18.5 Å². The average molecular weight is 240 g/mol. The molecule has 0 unspecified atom stereocenters. The number of nitrogen functional groups attached to an aromatic ring is 1. The van der Waals surface area contributed by atoms with E-state index in [-0.39, 0.29) is 24.2 Å². The number of hydrogen-bond acceptors (Lipinski definition) is 3. The number of rotatable bonds is 5. The van der Waals surface area contributed by atoms with Crippen LogP contribution >= 0.6 is 0 Å². The minimum absolute atomic E-state index is 0.0175. The molecule has 1 amide bonds. The second-order valence-corrected chi connectivity index (χ2v) is 3.49. The van der Waals surface area contributed by atoms with Crippen molar-refractivity contribution in [1.82, 2.24) is 5.32 Å². The van der Waals surface area contributed by atoms with Crippen molar-refractivity contribution < 1.29 is 19.1 Å². The van der Waals surface area contributed by atoms with Crippen LogP contribution in [0.4, 0.5) is 10.1 Å². The summed E-state index contributed by atoms with van der Waals surface area (Å²) >= 11 is 0. The summed E-state index contributed by atoms with van der Waals surface area (Å²) in [6.45, 7) is 0.233. The van der Waals surface area contributed by atoms with Crippen LogP contribution in [0.15, 0.2) is 18.2 Å². The van der Waals surface area contributed by atoms with Crippen molar-refractivity contribution in [1.29, 1.82) is 0 Å². The fourth-order valence-electron chi connectivity index (χ4n) is 1.21. The lowest BCUT2D eigenvalue weighted by Crippen LogP contribution is -2.25. The van der Waals surface area contributed by atoms with Crippen LogP contribution in [0, 0.1) is 5.82 Å². The van der Waals surface area contributed by atoms with Crippen molar-refractivity contribution in [3.63, 3.8) is 0 Å². The quantitative estimate of drug-likeness (QED) is 0.529. The third-order valence-corrected chi connectivity index (χ3v) is 2.12. The van der Waals surface area contributed by atoms with Gasteiger partial charge in [-0.25, -0.2) is 4.39 Å². The predicted octanol–water partition coefficient (Wildman–Crippen LogP) is 1.00. The van der Waals surface area contributed by atoms with Crippen LogP contribution in [0.5, 0.6) is 0 Å². The van der Waals surface area contributed by atoms with Gasteiger partial charge >= 0.3 is 5.97 Å². The molecule has 1 aromatic carbocycles. The minimum atomic E-state index is -0.919. The third-order valence-electron chi connectivity index (χ3n) is 2.12. The second-order valence-electron chi connectivity index (χ2n) is 3.49. The monoisotopic (exact) mass is 240 g/mol. The number of carboxylic acid groups (broad SMARTS) is 1. The predicted molar refractivity (Wildman–Crippen MR) is 60.0 cm³/mol. The van der Waals surface area contributed by atoms with Gasteiger partial charge in [-0.1, -0.05) is 0 Å². The Labute approximate surface area is 97.4 Å². The highest BCUT2D eigenvalue weighted by Crippen LogP contribution is 2.11. The summed E-state index contributed by atoms with van der Waals surface area (Å²) in [5, 5.41) is 10.9. The number of aliphatic carboxylic acids is 1. The summed E-state index contributed by atoms with van der Waals surface area (Å²) in [6, 6.07) is 3.76. The zero-order chi connectivity index (χ0) is 12.8. The Kier molecular flexibility index (Phi) is 4.45. The van der Waals surface area contributed by atoms with Gasteiger partial charge in [0.25, 0.3) is 5.91 Å². The number of carbonyl (C=O) groups excluding carboxylic acids is 1. The summed E-state index contributed by atoms with van der Waals surface area (Å²) < 4.78 is 13.1. The molecule has 0 aliphatic carbocycles. The first kappa shape index (κ1) is 13.0. The molecule has 0 radical (unpaired) electrons. The first-order chi connectivity index (χ1) is 8.00. The summed E-state index contributed by atoms with van der Waals surface area (Å²) in [4.78, 5) is 21.7. The highest BCUT2D eigenvalue weighted by atomic mass is 19.1. The maximum absolute atomic E-state index is 13.1. The van der Waals surface area contributed by atoms with Crippen molar-refractivity contribution in [2.75, 3.05) is 12.3 Å². The number of amides is 1. The molecule has 17 heavy (non-hydrogen) atoms. The van der Waals surface area contributed by atoms with Crippen LogP contribution in [0.2, 0.25) is 0 Å². The van der Waals surface area contributed by atoms with E-state index in [4.69, 9.17) is 10.8 Å². The van der Waals surface area contributed by atoms with Gasteiger partial charge < -0.3 is 16.2 Å². The second kappa shape index (κ2) is 5.83. The van der Waals surface area contributed by atoms with E-state index in [2.05, 4.69) is 5.32 Å². The number of hydrogen-bond donors (Lipinski definition) is 3. The van der Waals surface area contributed by atoms with Crippen LogP contribution in [-0.2, 0) is 4.79 Å². The lowest BCUT2D eigenvalue weighted by Gasteiger charge is -2.05. The lowest BCUT2D eigenvalue weighted by molar-refractivity contribution is -0.137. The number of nitrogens with one attached hydrogen (secondary N) is 1. The summed E-state index contributed by atoms with van der Waals surface area (Å²) in [5.74, 6) is -2.02. The zero-order valence-corrected chi connectivity index (χ0v) is 9.07. The van der Waals surface area contributed by atoms with Crippen molar-refractivity contribution in [2.45, 2.75) is 12.8 Å². The molecule has 0 heterocycles. The molecule has 0 saturated heterocycles. The van der Waals surface area contributed by atoms with Crippen LogP contribution in [-0.4, -0.2) is 23.5 Å². The highest BCUT2D eigenvalue weighted by Gasteiger charge is 2.07. The summed E-state index contributed by atoms with van der Waals surface area (Å²) in [5.41, 5.74) is 5.41. The molecule has 6 heteroatoms. The molecule has 0 aromatic heterocycles. The van der Waals surface area contributed by atoms with Gasteiger partial charge in [-0.3, -0.25) is 9.59 Å². The molecule has 4 N–H and O–H groups in total. The Balaban J connectivity index is 2.47. The molecule has 0 atom stereocenters. The lowest BCUT2D eigenvalue weighted by atomic mass is 10.2. The van der Waals surface area contributed by atoms with E-state index in [1.54, 1.807) is 0 Å². The average Bonchev–Trinajstić information content (AvgIpc) is 2.27. The van der Waals surface area contributed by atoms with Gasteiger partial charge in [-0.2, -0.15) is 0 Å². The summed E-state index contributed by atoms with van der Waals surface area (Å²) in [6.07, 6.45) is 0.314. The van der Waals surface area contributed by atoms with Crippen LogP contribution in [0.1, 0.15) is 23.2 Å². The Hall–Kier alpha value is -2.11. The first-order valence-electron chi connectivity index (χ1n) is 5.05. The van der Waals surface area contributed by atoms with Crippen molar-refractivity contribution in [2.24, 2.45) is 0 Å². The Morgan fingerprint density at radius 3 is 2.71 bits per heavy atom. The van der Waals surface area contributed by atoms with Crippen LogP contribution in [0.25, 0.3) is 0 Å². The Morgan fingerprint density at radius 1 is 1.41 bits per heavy atom. The molecule has 5 nitrogen and oxygen atoms in total. The fourth-order valence-corrected chi connectivity index (χ4v) is 1.21. The Morgan fingerprint density at radius 2 is 2.12 bits per heavy atom. The number of nitrogens with two attached hydrogens (primary N) is 1. The van der Waals surface area contributed by atoms with Crippen LogP contribution < -0.4 is 11.1 Å². The molecule has 0 aliphatic rings. The van der Waals surface area contributed by atoms with E-state index < -0.39 is 17.7 Å². The van der Waals surface area contributed by atoms with Crippen molar-refractivity contribution in [3.05, 3.63) is 29.6 Å². The molecule has 0 aliphatic heterocycles.